The molecule has 0 saturated carbocycles. The number of pyridine rings is 1. The van der Waals surface area contributed by atoms with Crippen molar-refractivity contribution in [2.75, 3.05) is 11.9 Å². The van der Waals surface area contributed by atoms with Gasteiger partial charge in [-0.3, -0.25) is 9.78 Å². The molecule has 0 aliphatic heterocycles. The van der Waals surface area contributed by atoms with Crippen molar-refractivity contribution in [1.82, 2.24) is 20.3 Å². The number of anilines is 2. The van der Waals surface area contributed by atoms with Crippen molar-refractivity contribution in [1.29, 1.82) is 0 Å². The van der Waals surface area contributed by atoms with Crippen molar-refractivity contribution >= 4 is 34.4 Å². The van der Waals surface area contributed by atoms with Crippen LogP contribution in [0.15, 0.2) is 67.1 Å². The molecule has 0 spiro atoms. The van der Waals surface area contributed by atoms with E-state index in [-0.39, 0.29) is 5.91 Å². The zero-order valence-electron chi connectivity index (χ0n) is 19.5. The van der Waals surface area contributed by atoms with Gasteiger partial charge in [0.1, 0.15) is 23.6 Å². The van der Waals surface area contributed by atoms with Gasteiger partial charge in [0.2, 0.25) is 5.91 Å². The van der Waals surface area contributed by atoms with Crippen LogP contribution in [-0.4, -0.2) is 27.4 Å². The van der Waals surface area contributed by atoms with Crippen LogP contribution in [0.2, 0.25) is 0 Å². The number of aromatic nitrogens is 3. The molecule has 1 amide bonds. The fourth-order valence-corrected chi connectivity index (χ4v) is 3.39. The number of nitrogens with one attached hydrogen (secondary N) is 2. The van der Waals surface area contributed by atoms with Gasteiger partial charge >= 0.3 is 0 Å². The van der Waals surface area contributed by atoms with Crippen LogP contribution >= 0.6 is 0 Å². The maximum absolute atomic E-state index is 11.4. The van der Waals surface area contributed by atoms with Crippen LogP contribution in [0.5, 0.6) is 11.5 Å². The summed E-state index contributed by atoms with van der Waals surface area (Å²) in [6.45, 7) is 6.27. The lowest BCUT2D eigenvalue weighted by Crippen LogP contribution is -2.21. The first-order valence-corrected chi connectivity index (χ1v) is 11.2. The molecule has 4 rings (SSSR count). The van der Waals surface area contributed by atoms with Gasteiger partial charge < -0.3 is 15.4 Å². The van der Waals surface area contributed by atoms with E-state index in [4.69, 9.17) is 4.74 Å². The first-order valence-electron chi connectivity index (χ1n) is 11.2. The smallest absolute Gasteiger partial charge is 0.219 e. The topological polar surface area (TPSA) is 89.0 Å². The molecule has 0 fully saturated rings. The monoisotopic (exact) mass is 453 g/mol. The Bertz CT molecular complexity index is 1330. The number of carbonyl (C=O) groups excluding carboxylic acids is 1. The van der Waals surface area contributed by atoms with E-state index in [2.05, 4.69) is 25.6 Å². The average Bonchev–Trinajstić information content (AvgIpc) is 2.85. The van der Waals surface area contributed by atoms with E-state index in [0.29, 0.717) is 18.7 Å². The number of rotatable bonds is 8. The van der Waals surface area contributed by atoms with Crippen molar-refractivity contribution in [3.63, 3.8) is 0 Å². The Kier molecular flexibility index (Phi) is 7.13. The molecule has 34 heavy (non-hydrogen) atoms. The van der Waals surface area contributed by atoms with Crippen LogP contribution in [-0.2, 0) is 4.79 Å². The van der Waals surface area contributed by atoms with E-state index in [1.807, 2.05) is 81.5 Å². The highest BCUT2D eigenvalue weighted by atomic mass is 16.5. The number of fused-ring (bicyclic) bond motifs is 1. The fraction of sp³-hybridized carbons (Fsp3) is 0.185. The predicted octanol–water partition coefficient (Wildman–Crippen LogP) is 5.72. The Balaban J connectivity index is 1.51. The summed E-state index contributed by atoms with van der Waals surface area (Å²) in [6.07, 6.45) is 7.65. The van der Waals surface area contributed by atoms with Gasteiger partial charge in [-0.15, -0.1) is 0 Å². The summed E-state index contributed by atoms with van der Waals surface area (Å²) in [7, 11) is 0. The van der Waals surface area contributed by atoms with Crippen LogP contribution < -0.4 is 15.4 Å². The first-order chi connectivity index (χ1) is 16.5. The Morgan fingerprint density at radius 2 is 1.91 bits per heavy atom. The molecule has 4 aromatic rings. The third-order valence-electron chi connectivity index (χ3n) is 5.26. The van der Waals surface area contributed by atoms with Gasteiger partial charge in [0, 0.05) is 29.7 Å². The Labute approximate surface area is 198 Å². The summed E-state index contributed by atoms with van der Waals surface area (Å²) in [6, 6.07) is 15.7. The lowest BCUT2D eigenvalue weighted by molar-refractivity contribution is -0.120. The van der Waals surface area contributed by atoms with Crippen LogP contribution in [0.25, 0.3) is 17.0 Å². The van der Waals surface area contributed by atoms with Crippen molar-refractivity contribution in [2.45, 2.75) is 27.2 Å². The quantitative estimate of drug-likeness (QED) is 0.355. The van der Waals surface area contributed by atoms with E-state index >= 15 is 0 Å². The number of ether oxygens (including phenoxy) is 1. The van der Waals surface area contributed by atoms with Crippen LogP contribution in [0, 0.1) is 13.8 Å². The van der Waals surface area contributed by atoms with E-state index in [1.165, 1.54) is 0 Å². The molecule has 2 aromatic heterocycles. The molecule has 2 aromatic carbocycles. The second kappa shape index (κ2) is 10.6. The standard InChI is InChI=1S/C27H27N5O2/c1-4-26(33)28-13-5-6-20-8-11-24-23(15-20)27(31-17-30-24)32-21-9-12-25(18(2)14-21)34-22-10-7-19(3)29-16-22/h5-12,14-17H,4,13H2,1-3H3,(H,28,33)(H,30,31,32)/b6-5+. The van der Waals surface area contributed by atoms with Gasteiger partial charge in [-0.2, -0.15) is 0 Å². The molecular formula is C27H27N5O2. The van der Waals surface area contributed by atoms with Crippen molar-refractivity contribution in [3.05, 3.63) is 84.0 Å². The number of amides is 1. The third kappa shape index (κ3) is 5.75. The Morgan fingerprint density at radius 1 is 1.03 bits per heavy atom. The third-order valence-corrected chi connectivity index (χ3v) is 5.26. The second-order valence-electron chi connectivity index (χ2n) is 7.90. The zero-order chi connectivity index (χ0) is 23.9. The molecule has 0 bridgehead atoms. The van der Waals surface area contributed by atoms with Gasteiger partial charge in [0.25, 0.3) is 0 Å². The molecule has 7 heteroatoms. The van der Waals surface area contributed by atoms with Gasteiger partial charge in [0.05, 0.1) is 11.7 Å². The maximum atomic E-state index is 11.4. The minimum absolute atomic E-state index is 0.0327. The Hall–Kier alpha value is -4.26. The Morgan fingerprint density at radius 3 is 2.68 bits per heavy atom. The lowest BCUT2D eigenvalue weighted by Gasteiger charge is -2.12. The highest BCUT2D eigenvalue weighted by Gasteiger charge is 2.08. The summed E-state index contributed by atoms with van der Waals surface area (Å²) < 4.78 is 5.97. The molecule has 0 aliphatic rings. The maximum Gasteiger partial charge on any atom is 0.219 e. The normalized spacial score (nSPS) is 11.0. The van der Waals surface area contributed by atoms with E-state index < -0.39 is 0 Å². The molecule has 2 N–H and O–H groups in total. The van der Waals surface area contributed by atoms with Crippen molar-refractivity contribution in [2.24, 2.45) is 0 Å². The van der Waals surface area contributed by atoms with Crippen LogP contribution in [0.3, 0.4) is 0 Å². The van der Waals surface area contributed by atoms with E-state index in [9.17, 15) is 4.79 Å². The molecule has 172 valence electrons. The molecule has 0 unspecified atom stereocenters. The minimum Gasteiger partial charge on any atom is -0.455 e. The van der Waals surface area contributed by atoms with Gasteiger partial charge in [-0.25, -0.2) is 9.97 Å². The molecule has 7 nitrogen and oxygen atoms in total. The second-order valence-corrected chi connectivity index (χ2v) is 7.90. The molecule has 0 saturated heterocycles. The number of carbonyl (C=O) groups is 1. The van der Waals surface area contributed by atoms with E-state index in [0.717, 1.165) is 45.0 Å². The van der Waals surface area contributed by atoms with Gasteiger partial charge in [-0.05, 0) is 67.4 Å². The summed E-state index contributed by atoms with van der Waals surface area (Å²) in [4.78, 5) is 24.5. The molecular weight excluding hydrogens is 426 g/mol. The largest absolute Gasteiger partial charge is 0.455 e. The molecule has 0 radical (unpaired) electrons. The average molecular weight is 454 g/mol. The summed E-state index contributed by atoms with van der Waals surface area (Å²) in [5.74, 6) is 2.22. The number of hydrogen-bond acceptors (Lipinski definition) is 6. The summed E-state index contributed by atoms with van der Waals surface area (Å²) >= 11 is 0. The highest BCUT2D eigenvalue weighted by molar-refractivity contribution is 5.92. The fourth-order valence-electron chi connectivity index (χ4n) is 3.39. The number of benzene rings is 2. The zero-order valence-corrected chi connectivity index (χ0v) is 19.5. The summed E-state index contributed by atoms with van der Waals surface area (Å²) in [5.41, 5.74) is 4.68. The number of hydrogen-bond donors (Lipinski definition) is 2. The van der Waals surface area contributed by atoms with E-state index in [1.54, 1.807) is 12.5 Å². The van der Waals surface area contributed by atoms with Crippen LogP contribution in [0.4, 0.5) is 11.5 Å². The highest BCUT2D eigenvalue weighted by Crippen LogP contribution is 2.30. The molecule has 0 atom stereocenters. The SMILES string of the molecule is CCC(=O)NC/C=C/c1ccc2ncnc(Nc3ccc(Oc4ccc(C)nc4)c(C)c3)c2c1. The number of nitrogens with zero attached hydrogens (tertiary/aromatic N) is 3. The minimum atomic E-state index is 0.0327. The van der Waals surface area contributed by atoms with Crippen molar-refractivity contribution < 1.29 is 9.53 Å². The lowest BCUT2D eigenvalue weighted by atomic mass is 10.1. The number of aryl methyl sites for hydroxylation is 2. The molecule has 2 heterocycles. The van der Waals surface area contributed by atoms with Crippen molar-refractivity contribution in [3.8, 4) is 11.5 Å². The predicted molar refractivity (Wildman–Crippen MR) is 135 cm³/mol. The summed E-state index contributed by atoms with van der Waals surface area (Å²) in [5, 5.41) is 7.15. The molecule has 0 aliphatic carbocycles. The van der Waals surface area contributed by atoms with Gasteiger partial charge in [0.15, 0.2) is 0 Å². The van der Waals surface area contributed by atoms with Crippen LogP contribution in [0.1, 0.15) is 30.2 Å². The first kappa shape index (κ1) is 22.9. The van der Waals surface area contributed by atoms with Gasteiger partial charge in [-0.1, -0.05) is 25.1 Å².